The van der Waals surface area contributed by atoms with Gasteiger partial charge in [-0.25, -0.2) is 4.39 Å². The van der Waals surface area contributed by atoms with E-state index in [9.17, 15) is 9.18 Å². The highest BCUT2D eigenvalue weighted by Gasteiger charge is 2.27. The highest BCUT2D eigenvalue weighted by molar-refractivity contribution is 6.31. The van der Waals surface area contributed by atoms with E-state index in [1.54, 1.807) is 13.2 Å². The lowest BCUT2D eigenvalue weighted by Gasteiger charge is -2.32. The van der Waals surface area contributed by atoms with E-state index < -0.39 is 5.82 Å². The van der Waals surface area contributed by atoms with E-state index in [-0.39, 0.29) is 29.0 Å². The molecule has 1 aliphatic heterocycles. The molecule has 28 heavy (non-hydrogen) atoms. The second kappa shape index (κ2) is 9.87. The van der Waals surface area contributed by atoms with Crippen molar-refractivity contribution in [3.63, 3.8) is 0 Å². The Hall–Kier alpha value is -2.15. The quantitative estimate of drug-likeness (QED) is 0.736. The number of methoxy groups -OCH3 is 1. The molecule has 3 rings (SSSR count). The van der Waals surface area contributed by atoms with Crippen LogP contribution < -0.4 is 15.0 Å². The normalized spacial score (nSPS) is 15.8. The number of halogens is 2. The van der Waals surface area contributed by atoms with Gasteiger partial charge in [-0.3, -0.25) is 4.79 Å². The molecule has 1 amide bonds. The van der Waals surface area contributed by atoms with Crippen LogP contribution in [0.15, 0.2) is 42.5 Å². The maximum atomic E-state index is 13.9. The van der Waals surface area contributed by atoms with Gasteiger partial charge in [0.25, 0.3) is 0 Å². The van der Waals surface area contributed by atoms with Crippen LogP contribution in [0, 0.1) is 5.82 Å². The third kappa shape index (κ3) is 5.22. The fourth-order valence-electron chi connectivity index (χ4n) is 3.46. The van der Waals surface area contributed by atoms with Crippen molar-refractivity contribution >= 4 is 17.5 Å². The largest absolute Gasteiger partial charge is 0.497 e. The van der Waals surface area contributed by atoms with Gasteiger partial charge in [0, 0.05) is 16.1 Å². The number of nitrogens with one attached hydrogen (secondary N) is 2. The Morgan fingerprint density at radius 2 is 1.96 bits per heavy atom. The number of amides is 1. The number of hydrogen-bond donors (Lipinski definition) is 2. The van der Waals surface area contributed by atoms with Crippen LogP contribution in [0.5, 0.6) is 5.75 Å². The fraction of sp³-hybridized carbons (Fsp3) is 0.381. The number of morpholine rings is 1. The van der Waals surface area contributed by atoms with Gasteiger partial charge in [-0.05, 0) is 36.4 Å². The first-order valence-electron chi connectivity index (χ1n) is 9.34. The number of carbonyl (C=O) groups is 1. The van der Waals surface area contributed by atoms with Crippen LogP contribution in [0.2, 0.25) is 5.02 Å². The zero-order valence-corrected chi connectivity index (χ0v) is 16.6. The fourth-order valence-corrected chi connectivity index (χ4v) is 3.69. The van der Waals surface area contributed by atoms with Gasteiger partial charge >= 0.3 is 0 Å². The second-order valence-electron chi connectivity index (χ2n) is 6.78. The predicted octanol–water partition coefficient (Wildman–Crippen LogP) is 1.80. The van der Waals surface area contributed by atoms with Crippen molar-refractivity contribution in [2.45, 2.75) is 12.5 Å². The summed E-state index contributed by atoms with van der Waals surface area (Å²) in [5, 5.41) is 3.22. The monoisotopic (exact) mass is 407 g/mol. The first kappa shape index (κ1) is 20.6. The Kier molecular flexibility index (Phi) is 7.25. The number of rotatable bonds is 7. The number of hydrogen-bond acceptors (Lipinski definition) is 3. The molecule has 5 nitrogen and oxygen atoms in total. The summed E-state index contributed by atoms with van der Waals surface area (Å²) in [5.74, 6) is 0.0732. The SMILES string of the molecule is COc1ccc([C@H](CNC(=O)Cc2c(F)cccc2Cl)[NH+]2CCOCC2)cc1. The molecule has 1 fully saturated rings. The van der Waals surface area contributed by atoms with Crippen LogP contribution in [0.25, 0.3) is 0 Å². The van der Waals surface area contributed by atoms with Gasteiger partial charge in [-0.1, -0.05) is 17.7 Å². The lowest BCUT2D eigenvalue weighted by atomic mass is 10.0. The molecule has 0 radical (unpaired) electrons. The summed E-state index contributed by atoms with van der Waals surface area (Å²) in [6.45, 7) is 3.57. The molecule has 7 heteroatoms. The van der Waals surface area contributed by atoms with Crippen LogP contribution in [-0.2, 0) is 16.0 Å². The average Bonchev–Trinajstić information content (AvgIpc) is 2.72. The first-order valence-corrected chi connectivity index (χ1v) is 9.72. The molecule has 150 valence electrons. The summed E-state index contributed by atoms with van der Waals surface area (Å²) >= 11 is 6.03. The molecule has 2 aromatic rings. The zero-order chi connectivity index (χ0) is 19.9. The van der Waals surface area contributed by atoms with Gasteiger partial charge in [0.15, 0.2) is 0 Å². The van der Waals surface area contributed by atoms with Crippen molar-refractivity contribution in [2.75, 3.05) is 40.0 Å². The molecule has 1 heterocycles. The van der Waals surface area contributed by atoms with E-state index in [2.05, 4.69) is 5.32 Å². The summed E-state index contributed by atoms with van der Waals surface area (Å²) in [5.41, 5.74) is 1.34. The molecular weight excluding hydrogens is 383 g/mol. The summed E-state index contributed by atoms with van der Waals surface area (Å²) in [7, 11) is 1.63. The average molecular weight is 408 g/mol. The van der Waals surface area contributed by atoms with E-state index in [1.165, 1.54) is 17.0 Å². The first-order chi connectivity index (χ1) is 13.6. The minimum absolute atomic E-state index is 0.0786. The number of quaternary nitrogens is 1. The highest BCUT2D eigenvalue weighted by Crippen LogP contribution is 2.20. The van der Waals surface area contributed by atoms with Gasteiger partial charge < -0.3 is 19.7 Å². The maximum Gasteiger partial charge on any atom is 0.224 e. The lowest BCUT2D eigenvalue weighted by molar-refractivity contribution is -0.937. The smallest absolute Gasteiger partial charge is 0.224 e. The summed E-state index contributed by atoms with van der Waals surface area (Å²) < 4.78 is 24.6. The summed E-state index contributed by atoms with van der Waals surface area (Å²) in [4.78, 5) is 13.8. The van der Waals surface area contributed by atoms with E-state index in [0.29, 0.717) is 19.8 Å². The Morgan fingerprint density at radius 3 is 2.61 bits per heavy atom. The molecular formula is C21H25ClFN2O3+. The maximum absolute atomic E-state index is 13.9. The molecule has 0 saturated carbocycles. The molecule has 0 bridgehead atoms. The molecule has 1 atom stereocenters. The third-order valence-corrected chi connectivity index (χ3v) is 5.40. The van der Waals surface area contributed by atoms with E-state index >= 15 is 0 Å². The van der Waals surface area contributed by atoms with Crippen LogP contribution in [0.1, 0.15) is 17.2 Å². The minimum atomic E-state index is -0.465. The van der Waals surface area contributed by atoms with Crippen molar-refractivity contribution < 1.29 is 23.6 Å². The molecule has 1 aliphatic rings. The molecule has 2 N–H and O–H groups in total. The van der Waals surface area contributed by atoms with Crippen molar-refractivity contribution in [2.24, 2.45) is 0 Å². The predicted molar refractivity (Wildman–Crippen MR) is 105 cm³/mol. The topological polar surface area (TPSA) is 52.0 Å². The molecule has 0 aliphatic carbocycles. The highest BCUT2D eigenvalue weighted by atomic mass is 35.5. The van der Waals surface area contributed by atoms with Crippen LogP contribution in [-0.4, -0.2) is 45.9 Å². The van der Waals surface area contributed by atoms with Crippen molar-refractivity contribution in [3.05, 3.63) is 64.4 Å². The third-order valence-electron chi connectivity index (χ3n) is 5.05. The molecule has 1 saturated heterocycles. The van der Waals surface area contributed by atoms with Crippen LogP contribution in [0.3, 0.4) is 0 Å². The Labute approximate surface area is 169 Å². The molecule has 2 aromatic carbocycles. The van der Waals surface area contributed by atoms with Crippen LogP contribution >= 0.6 is 11.6 Å². The molecule has 0 aromatic heterocycles. The van der Waals surface area contributed by atoms with E-state index in [0.717, 1.165) is 24.4 Å². The summed E-state index contributed by atoms with van der Waals surface area (Å²) in [6.07, 6.45) is -0.0840. The minimum Gasteiger partial charge on any atom is -0.497 e. The van der Waals surface area contributed by atoms with Crippen LogP contribution in [0.4, 0.5) is 4.39 Å². The molecule has 0 spiro atoms. The van der Waals surface area contributed by atoms with E-state index in [4.69, 9.17) is 21.1 Å². The van der Waals surface area contributed by atoms with Gasteiger partial charge in [0.05, 0.1) is 33.3 Å². The lowest BCUT2D eigenvalue weighted by Crippen LogP contribution is -3.15. The van der Waals surface area contributed by atoms with Crippen molar-refractivity contribution in [1.29, 1.82) is 0 Å². The Bertz CT molecular complexity index is 774. The number of carbonyl (C=O) groups excluding carboxylic acids is 1. The zero-order valence-electron chi connectivity index (χ0n) is 15.8. The summed E-state index contributed by atoms with van der Waals surface area (Å²) in [6, 6.07) is 12.4. The van der Waals surface area contributed by atoms with Gasteiger partial charge in [-0.2, -0.15) is 0 Å². The van der Waals surface area contributed by atoms with Gasteiger partial charge in [-0.15, -0.1) is 0 Å². The van der Waals surface area contributed by atoms with Crippen molar-refractivity contribution in [1.82, 2.24) is 5.32 Å². The van der Waals surface area contributed by atoms with Gasteiger partial charge in [0.2, 0.25) is 5.91 Å². The van der Waals surface area contributed by atoms with Crippen molar-refractivity contribution in [3.8, 4) is 5.75 Å². The number of benzene rings is 2. The van der Waals surface area contributed by atoms with E-state index in [1.807, 2.05) is 24.3 Å². The standard InChI is InChI=1S/C21H24ClFN2O3/c1-27-16-7-5-15(6-8-16)20(25-9-11-28-12-10-25)14-24-21(26)13-17-18(22)3-2-4-19(17)23/h2-8,20H,9-14H2,1H3,(H,24,26)/p+1/t20-/m0/s1. The molecule has 0 unspecified atom stereocenters. The Morgan fingerprint density at radius 1 is 1.25 bits per heavy atom. The van der Waals surface area contributed by atoms with Gasteiger partial charge in [0.1, 0.15) is 30.7 Å². The Balaban J connectivity index is 1.69. The second-order valence-corrected chi connectivity index (χ2v) is 7.18. The number of ether oxygens (including phenoxy) is 2.